The Bertz CT molecular complexity index is 436. The second-order valence-corrected chi connectivity index (χ2v) is 6.01. The first-order valence-electron chi connectivity index (χ1n) is 7.35. The Morgan fingerprint density at radius 1 is 1.25 bits per heavy atom. The third-order valence-electron chi connectivity index (χ3n) is 3.61. The predicted octanol–water partition coefficient (Wildman–Crippen LogP) is 3.31. The van der Waals surface area contributed by atoms with E-state index in [1.165, 1.54) is 19.3 Å². The lowest BCUT2D eigenvalue weighted by Crippen LogP contribution is -2.37. The van der Waals surface area contributed by atoms with E-state index >= 15 is 0 Å². The fourth-order valence-corrected chi connectivity index (χ4v) is 2.82. The highest BCUT2D eigenvalue weighted by atomic mass is 79.9. The van der Waals surface area contributed by atoms with Gasteiger partial charge in [-0.3, -0.25) is 4.79 Å². The molecule has 1 heterocycles. The first-order chi connectivity index (χ1) is 9.81. The molecule has 0 saturated carbocycles. The fraction of sp³-hybridized carbons (Fsp3) is 0.562. The van der Waals surface area contributed by atoms with Crippen LogP contribution in [0, 0.1) is 5.92 Å². The van der Waals surface area contributed by atoms with E-state index in [9.17, 15) is 4.79 Å². The molecule has 4 heteroatoms. The number of unbranched alkanes of at least 4 members (excludes halogenated alkanes) is 3. The van der Waals surface area contributed by atoms with Crippen molar-refractivity contribution in [2.24, 2.45) is 5.92 Å². The summed E-state index contributed by atoms with van der Waals surface area (Å²) in [4.78, 5) is 12.1. The Morgan fingerprint density at radius 2 is 2.05 bits per heavy atom. The number of carbonyl (C=O) groups excluding carboxylic acids is 1. The molecule has 1 aliphatic rings. The lowest BCUT2D eigenvalue weighted by atomic mass is 9.96. The number of carbonyl (C=O) groups is 1. The van der Waals surface area contributed by atoms with Crippen molar-refractivity contribution in [2.75, 3.05) is 18.5 Å². The predicted molar refractivity (Wildman–Crippen MR) is 84.4 cm³/mol. The third kappa shape index (κ3) is 4.51. The molecule has 0 spiro atoms. The number of alkyl halides is 1. The summed E-state index contributed by atoms with van der Waals surface area (Å²) in [5, 5.41) is 4.10. The van der Waals surface area contributed by atoms with E-state index in [-0.39, 0.29) is 11.8 Å². The molecular weight excluding hydrogens is 318 g/mol. The Kier molecular flexibility index (Phi) is 6.37. The van der Waals surface area contributed by atoms with Gasteiger partial charge in [-0.2, -0.15) is 0 Å². The number of halogens is 1. The van der Waals surface area contributed by atoms with Crippen LogP contribution in [0.1, 0.15) is 31.2 Å². The number of ether oxygens (including phenoxy) is 1. The quantitative estimate of drug-likeness (QED) is 0.611. The number of rotatable bonds is 7. The van der Waals surface area contributed by atoms with E-state index in [4.69, 9.17) is 4.74 Å². The fourth-order valence-electron chi connectivity index (χ4n) is 2.43. The maximum absolute atomic E-state index is 12.1. The van der Waals surface area contributed by atoms with E-state index in [0.29, 0.717) is 6.61 Å². The molecule has 1 aromatic rings. The summed E-state index contributed by atoms with van der Waals surface area (Å²) in [5.41, 5.74) is 1.14. The zero-order valence-corrected chi connectivity index (χ0v) is 13.3. The number of nitrogens with one attached hydrogen (secondary N) is 1. The second-order valence-electron chi connectivity index (χ2n) is 5.21. The maximum atomic E-state index is 12.1. The van der Waals surface area contributed by atoms with Gasteiger partial charge in [-0.15, -0.1) is 0 Å². The standard InChI is InChI=1S/C16H22BrNO2/c17-9-5-1-2-6-10-18-16(19)14-11-13-7-3-4-8-15(13)20-12-14/h3-4,7-8,14H,1-2,5-6,9-12H2,(H,18,19). The molecule has 2 rings (SSSR count). The summed E-state index contributed by atoms with van der Waals surface area (Å²) >= 11 is 3.42. The van der Waals surface area contributed by atoms with Gasteiger partial charge in [0, 0.05) is 11.9 Å². The topological polar surface area (TPSA) is 38.3 Å². The lowest BCUT2D eigenvalue weighted by Gasteiger charge is -2.24. The van der Waals surface area contributed by atoms with Crippen molar-refractivity contribution in [2.45, 2.75) is 32.1 Å². The average molecular weight is 340 g/mol. The number of benzene rings is 1. The molecule has 0 aliphatic carbocycles. The highest BCUT2D eigenvalue weighted by Crippen LogP contribution is 2.26. The van der Waals surface area contributed by atoms with Crippen LogP contribution in [0.4, 0.5) is 0 Å². The highest BCUT2D eigenvalue weighted by Gasteiger charge is 2.25. The van der Waals surface area contributed by atoms with Crippen LogP contribution in [-0.4, -0.2) is 24.4 Å². The summed E-state index contributed by atoms with van der Waals surface area (Å²) in [6, 6.07) is 7.96. The van der Waals surface area contributed by atoms with Gasteiger partial charge in [0.25, 0.3) is 0 Å². The molecule has 1 amide bonds. The van der Waals surface area contributed by atoms with Crippen molar-refractivity contribution in [3.8, 4) is 5.75 Å². The van der Waals surface area contributed by atoms with Gasteiger partial charge in [-0.25, -0.2) is 0 Å². The van der Waals surface area contributed by atoms with E-state index in [1.54, 1.807) is 0 Å². The molecule has 20 heavy (non-hydrogen) atoms. The van der Waals surface area contributed by atoms with Crippen LogP contribution in [-0.2, 0) is 11.2 Å². The van der Waals surface area contributed by atoms with Crippen LogP contribution in [0.25, 0.3) is 0 Å². The molecular formula is C16H22BrNO2. The van der Waals surface area contributed by atoms with Crippen LogP contribution < -0.4 is 10.1 Å². The van der Waals surface area contributed by atoms with Gasteiger partial charge in [0.1, 0.15) is 12.4 Å². The largest absolute Gasteiger partial charge is 0.492 e. The summed E-state index contributed by atoms with van der Waals surface area (Å²) < 4.78 is 5.65. The molecule has 0 saturated heterocycles. The molecule has 1 aromatic carbocycles. The van der Waals surface area contributed by atoms with Crippen molar-refractivity contribution in [1.29, 1.82) is 0 Å². The van der Waals surface area contributed by atoms with Crippen molar-refractivity contribution in [3.63, 3.8) is 0 Å². The molecule has 1 unspecified atom stereocenters. The van der Waals surface area contributed by atoms with Gasteiger partial charge < -0.3 is 10.1 Å². The van der Waals surface area contributed by atoms with Gasteiger partial charge in [0.05, 0.1) is 5.92 Å². The first kappa shape index (κ1) is 15.4. The van der Waals surface area contributed by atoms with Crippen LogP contribution in [0.2, 0.25) is 0 Å². The van der Waals surface area contributed by atoms with Crippen molar-refractivity contribution >= 4 is 21.8 Å². The van der Waals surface area contributed by atoms with Crippen LogP contribution in [0.5, 0.6) is 5.75 Å². The lowest BCUT2D eigenvalue weighted by molar-refractivity contribution is -0.126. The van der Waals surface area contributed by atoms with Crippen LogP contribution >= 0.6 is 15.9 Å². The number of para-hydroxylation sites is 1. The number of amides is 1. The molecule has 110 valence electrons. The zero-order chi connectivity index (χ0) is 14.2. The van der Waals surface area contributed by atoms with Crippen molar-refractivity contribution in [3.05, 3.63) is 29.8 Å². The number of fused-ring (bicyclic) bond motifs is 1. The minimum atomic E-state index is -0.0487. The van der Waals surface area contributed by atoms with Gasteiger partial charge in [-0.1, -0.05) is 47.0 Å². The molecule has 1 atom stereocenters. The second kappa shape index (κ2) is 8.30. The molecule has 0 aromatic heterocycles. The van der Waals surface area contributed by atoms with Gasteiger partial charge >= 0.3 is 0 Å². The summed E-state index contributed by atoms with van der Waals surface area (Å²) in [5.74, 6) is 0.999. The van der Waals surface area contributed by atoms with Crippen LogP contribution in [0.15, 0.2) is 24.3 Å². The smallest absolute Gasteiger partial charge is 0.226 e. The van der Waals surface area contributed by atoms with Gasteiger partial charge in [-0.05, 0) is 30.9 Å². The molecule has 0 bridgehead atoms. The molecule has 1 N–H and O–H groups in total. The van der Waals surface area contributed by atoms with Crippen molar-refractivity contribution < 1.29 is 9.53 Å². The third-order valence-corrected chi connectivity index (χ3v) is 4.17. The monoisotopic (exact) mass is 339 g/mol. The molecule has 1 aliphatic heterocycles. The number of hydrogen-bond acceptors (Lipinski definition) is 2. The minimum Gasteiger partial charge on any atom is -0.492 e. The van der Waals surface area contributed by atoms with E-state index < -0.39 is 0 Å². The number of hydrogen-bond donors (Lipinski definition) is 1. The van der Waals surface area contributed by atoms with E-state index in [0.717, 1.165) is 36.0 Å². The zero-order valence-electron chi connectivity index (χ0n) is 11.7. The first-order valence-corrected chi connectivity index (χ1v) is 8.48. The average Bonchev–Trinajstić information content (AvgIpc) is 2.50. The highest BCUT2D eigenvalue weighted by molar-refractivity contribution is 9.09. The maximum Gasteiger partial charge on any atom is 0.226 e. The van der Waals surface area contributed by atoms with E-state index in [1.807, 2.05) is 24.3 Å². The molecule has 0 radical (unpaired) electrons. The molecule has 3 nitrogen and oxygen atoms in total. The summed E-state index contributed by atoms with van der Waals surface area (Å²) in [6.45, 7) is 1.27. The SMILES string of the molecule is O=C(NCCCCCCBr)C1COc2ccccc2C1. The Hall–Kier alpha value is -1.03. The Labute approximate surface area is 129 Å². The minimum absolute atomic E-state index is 0.0487. The van der Waals surface area contributed by atoms with Crippen LogP contribution in [0.3, 0.4) is 0 Å². The molecule has 0 fully saturated rings. The summed E-state index contributed by atoms with van der Waals surface area (Å²) in [7, 11) is 0. The van der Waals surface area contributed by atoms with Gasteiger partial charge in [0.15, 0.2) is 0 Å². The Balaban J connectivity index is 1.69. The normalized spacial score (nSPS) is 17.1. The van der Waals surface area contributed by atoms with Crippen molar-refractivity contribution in [1.82, 2.24) is 5.32 Å². The summed E-state index contributed by atoms with van der Waals surface area (Å²) in [6.07, 6.45) is 5.45. The van der Waals surface area contributed by atoms with E-state index in [2.05, 4.69) is 21.2 Å². The Morgan fingerprint density at radius 3 is 2.90 bits per heavy atom. The van der Waals surface area contributed by atoms with Gasteiger partial charge in [0.2, 0.25) is 5.91 Å².